The van der Waals surface area contributed by atoms with Gasteiger partial charge in [0.2, 0.25) is 5.95 Å². The Morgan fingerprint density at radius 1 is 1.39 bits per heavy atom. The number of anilines is 1. The monoisotopic (exact) mass is 331 g/mol. The number of esters is 1. The molecule has 8 heteroatoms. The molecule has 0 spiro atoms. The van der Waals surface area contributed by atoms with Crippen molar-refractivity contribution in [1.29, 1.82) is 0 Å². The average Bonchev–Trinajstić information content (AvgIpc) is 3.07. The van der Waals surface area contributed by atoms with E-state index in [0.717, 1.165) is 16.2 Å². The molecular weight excluding hydrogens is 314 g/mol. The van der Waals surface area contributed by atoms with Gasteiger partial charge in [0.1, 0.15) is 6.04 Å². The first-order valence-electron chi connectivity index (χ1n) is 7.19. The standard InChI is InChI=1S/C15H17N5O2S/c1-4-11-12(14(21)22-2)13(20-15(16-11)17-18-19-20)9-5-7-10(23-3)8-6-9/h5-8,13H,4H2,1-3H3,(H,16,17,19)/t13-/m0/s1. The SMILES string of the molecule is CCC1=C(C(=O)OC)[C@H](c2ccc(SC)cc2)n2nnnc2N1. The van der Waals surface area contributed by atoms with Crippen molar-refractivity contribution >= 4 is 23.7 Å². The lowest BCUT2D eigenvalue weighted by atomic mass is 9.95. The van der Waals surface area contributed by atoms with E-state index in [9.17, 15) is 4.79 Å². The smallest absolute Gasteiger partial charge is 0.338 e. The molecule has 0 saturated heterocycles. The van der Waals surface area contributed by atoms with Gasteiger partial charge < -0.3 is 10.1 Å². The van der Waals surface area contributed by atoms with Crippen LogP contribution in [0.3, 0.4) is 0 Å². The van der Waals surface area contributed by atoms with Crippen molar-refractivity contribution in [3.8, 4) is 0 Å². The molecular formula is C15H17N5O2S. The van der Waals surface area contributed by atoms with E-state index in [2.05, 4.69) is 20.8 Å². The van der Waals surface area contributed by atoms with Crippen molar-refractivity contribution in [2.45, 2.75) is 24.3 Å². The molecule has 1 N–H and O–H groups in total. The van der Waals surface area contributed by atoms with Gasteiger partial charge in [0.05, 0.1) is 12.7 Å². The minimum atomic E-state index is -0.403. The van der Waals surface area contributed by atoms with E-state index >= 15 is 0 Å². The zero-order chi connectivity index (χ0) is 16.4. The first kappa shape index (κ1) is 15.5. The van der Waals surface area contributed by atoms with Crippen LogP contribution in [0.15, 0.2) is 40.4 Å². The van der Waals surface area contributed by atoms with Crippen molar-refractivity contribution in [2.75, 3.05) is 18.7 Å². The molecule has 1 atom stereocenters. The molecule has 23 heavy (non-hydrogen) atoms. The van der Waals surface area contributed by atoms with E-state index in [-0.39, 0.29) is 5.97 Å². The summed E-state index contributed by atoms with van der Waals surface area (Å²) in [5, 5.41) is 14.9. The minimum absolute atomic E-state index is 0.380. The van der Waals surface area contributed by atoms with Gasteiger partial charge in [-0.05, 0) is 40.8 Å². The second-order valence-electron chi connectivity index (χ2n) is 4.99. The summed E-state index contributed by atoms with van der Waals surface area (Å²) >= 11 is 1.66. The fourth-order valence-corrected chi connectivity index (χ4v) is 3.07. The van der Waals surface area contributed by atoms with E-state index < -0.39 is 6.04 Å². The predicted molar refractivity (Wildman–Crippen MR) is 87.1 cm³/mol. The molecule has 1 aliphatic heterocycles. The van der Waals surface area contributed by atoms with Gasteiger partial charge in [0.15, 0.2) is 0 Å². The summed E-state index contributed by atoms with van der Waals surface area (Å²) < 4.78 is 6.60. The number of ether oxygens (including phenoxy) is 1. The van der Waals surface area contributed by atoms with Gasteiger partial charge in [-0.3, -0.25) is 0 Å². The van der Waals surface area contributed by atoms with Crippen LogP contribution in [0.4, 0.5) is 5.95 Å². The summed E-state index contributed by atoms with van der Waals surface area (Å²) in [6.45, 7) is 1.97. The fraction of sp³-hybridized carbons (Fsp3) is 0.333. The second-order valence-corrected chi connectivity index (χ2v) is 5.86. The average molecular weight is 331 g/mol. The van der Waals surface area contributed by atoms with Crippen LogP contribution in [0.25, 0.3) is 0 Å². The summed E-state index contributed by atoms with van der Waals surface area (Å²) in [5.74, 6) is 0.142. The number of nitrogens with zero attached hydrogens (tertiary/aromatic N) is 4. The summed E-state index contributed by atoms with van der Waals surface area (Å²) in [5.41, 5.74) is 2.24. The maximum Gasteiger partial charge on any atom is 0.338 e. The Hall–Kier alpha value is -2.35. The van der Waals surface area contributed by atoms with Crippen LogP contribution in [-0.4, -0.2) is 39.5 Å². The van der Waals surface area contributed by atoms with Crippen LogP contribution < -0.4 is 5.32 Å². The van der Waals surface area contributed by atoms with Crippen molar-refractivity contribution in [2.24, 2.45) is 0 Å². The zero-order valence-corrected chi connectivity index (χ0v) is 13.9. The molecule has 0 bridgehead atoms. The van der Waals surface area contributed by atoms with Crippen LogP contribution in [0.2, 0.25) is 0 Å². The highest BCUT2D eigenvalue weighted by molar-refractivity contribution is 7.98. The molecule has 120 valence electrons. The van der Waals surface area contributed by atoms with Crippen molar-refractivity contribution in [1.82, 2.24) is 20.2 Å². The Labute approximate surface area is 138 Å². The molecule has 0 unspecified atom stereocenters. The quantitative estimate of drug-likeness (QED) is 0.679. The summed E-state index contributed by atoms with van der Waals surface area (Å²) in [6, 6.07) is 7.62. The van der Waals surface area contributed by atoms with Crippen LogP contribution in [0.1, 0.15) is 24.9 Å². The number of carbonyl (C=O) groups is 1. The van der Waals surface area contributed by atoms with Crippen molar-refractivity contribution in [3.63, 3.8) is 0 Å². The number of thioether (sulfide) groups is 1. The Kier molecular flexibility index (Phi) is 4.33. The Bertz CT molecular complexity index is 753. The Morgan fingerprint density at radius 3 is 2.74 bits per heavy atom. The number of carbonyl (C=O) groups excluding carboxylic acids is 1. The number of rotatable bonds is 4. The van der Waals surface area contributed by atoms with Crippen LogP contribution in [0, 0.1) is 0 Å². The molecule has 1 aromatic heterocycles. The van der Waals surface area contributed by atoms with E-state index in [4.69, 9.17) is 4.74 Å². The summed E-state index contributed by atoms with van der Waals surface area (Å²) in [4.78, 5) is 13.5. The number of allylic oxidation sites excluding steroid dienone is 1. The number of fused-ring (bicyclic) bond motifs is 1. The third kappa shape index (κ3) is 2.70. The number of methoxy groups -OCH3 is 1. The molecule has 1 aliphatic rings. The lowest BCUT2D eigenvalue weighted by Gasteiger charge is -2.28. The number of nitrogens with one attached hydrogen (secondary N) is 1. The highest BCUT2D eigenvalue weighted by Crippen LogP contribution is 2.36. The fourth-order valence-electron chi connectivity index (χ4n) is 2.66. The molecule has 0 radical (unpaired) electrons. The summed E-state index contributed by atoms with van der Waals surface area (Å²) in [6.07, 6.45) is 2.67. The molecule has 0 fully saturated rings. The molecule has 0 aliphatic carbocycles. The predicted octanol–water partition coefficient (Wildman–Crippen LogP) is 2.25. The van der Waals surface area contributed by atoms with Gasteiger partial charge in [-0.2, -0.15) is 4.68 Å². The first-order chi connectivity index (χ1) is 11.2. The molecule has 0 saturated carbocycles. The molecule has 1 aromatic carbocycles. The van der Waals surface area contributed by atoms with Gasteiger partial charge in [0.25, 0.3) is 0 Å². The van der Waals surface area contributed by atoms with Crippen LogP contribution >= 0.6 is 11.8 Å². The normalized spacial score (nSPS) is 16.7. The van der Waals surface area contributed by atoms with E-state index in [0.29, 0.717) is 17.9 Å². The Balaban J connectivity index is 2.15. The molecule has 7 nitrogen and oxygen atoms in total. The highest BCUT2D eigenvalue weighted by Gasteiger charge is 2.35. The van der Waals surface area contributed by atoms with Gasteiger partial charge in [-0.25, -0.2) is 4.79 Å². The number of tetrazole rings is 1. The van der Waals surface area contributed by atoms with Crippen LogP contribution in [-0.2, 0) is 9.53 Å². The van der Waals surface area contributed by atoms with E-state index in [1.165, 1.54) is 7.11 Å². The molecule has 0 amide bonds. The molecule has 2 aromatic rings. The molecule has 3 rings (SSSR count). The minimum Gasteiger partial charge on any atom is -0.466 e. The largest absolute Gasteiger partial charge is 0.466 e. The van der Waals surface area contributed by atoms with E-state index in [1.807, 2.05) is 37.4 Å². The lowest BCUT2D eigenvalue weighted by Crippen LogP contribution is -2.30. The third-order valence-corrected chi connectivity index (χ3v) is 4.53. The van der Waals surface area contributed by atoms with Gasteiger partial charge in [-0.15, -0.1) is 11.8 Å². The van der Waals surface area contributed by atoms with E-state index in [1.54, 1.807) is 16.4 Å². The zero-order valence-electron chi connectivity index (χ0n) is 13.1. The maximum absolute atomic E-state index is 12.4. The van der Waals surface area contributed by atoms with Crippen molar-refractivity contribution in [3.05, 3.63) is 41.1 Å². The van der Waals surface area contributed by atoms with Gasteiger partial charge in [-0.1, -0.05) is 24.2 Å². The molecule has 2 heterocycles. The third-order valence-electron chi connectivity index (χ3n) is 3.79. The number of hydrogen-bond acceptors (Lipinski definition) is 7. The number of hydrogen-bond donors (Lipinski definition) is 1. The maximum atomic E-state index is 12.4. The van der Waals surface area contributed by atoms with Gasteiger partial charge >= 0.3 is 5.97 Å². The first-order valence-corrected chi connectivity index (χ1v) is 8.42. The van der Waals surface area contributed by atoms with Gasteiger partial charge in [0, 0.05) is 10.6 Å². The number of aromatic nitrogens is 4. The highest BCUT2D eigenvalue weighted by atomic mass is 32.2. The van der Waals surface area contributed by atoms with Crippen LogP contribution in [0.5, 0.6) is 0 Å². The topological polar surface area (TPSA) is 81.9 Å². The Morgan fingerprint density at radius 2 is 2.13 bits per heavy atom. The number of benzene rings is 1. The summed E-state index contributed by atoms with van der Waals surface area (Å²) in [7, 11) is 1.38. The lowest BCUT2D eigenvalue weighted by molar-refractivity contribution is -0.136. The van der Waals surface area contributed by atoms with Crippen molar-refractivity contribution < 1.29 is 9.53 Å². The second kappa shape index (κ2) is 6.41.